The van der Waals surface area contributed by atoms with Gasteiger partial charge in [0, 0.05) is 0 Å². The summed E-state index contributed by atoms with van der Waals surface area (Å²) in [5.41, 5.74) is 0.469. The van der Waals surface area contributed by atoms with Crippen molar-refractivity contribution in [3.05, 3.63) is 11.6 Å². The molecule has 0 aromatic heterocycles. The van der Waals surface area contributed by atoms with E-state index in [9.17, 15) is 15.2 Å². The first-order valence-electron chi connectivity index (χ1n) is 7.03. The van der Waals surface area contributed by atoms with Gasteiger partial charge in [-0.1, -0.05) is 25.5 Å². The van der Waals surface area contributed by atoms with Crippen molar-refractivity contribution in [3.8, 4) is 6.07 Å². The molecule has 0 saturated heterocycles. The van der Waals surface area contributed by atoms with Gasteiger partial charge < -0.3 is 5.11 Å². The van der Waals surface area contributed by atoms with Crippen LogP contribution in [0.15, 0.2) is 11.6 Å². The molecule has 1 fully saturated rings. The van der Waals surface area contributed by atoms with Crippen LogP contribution >= 0.6 is 0 Å². The second-order valence-electron chi connectivity index (χ2n) is 7.11. The first-order chi connectivity index (χ1) is 8.75. The van der Waals surface area contributed by atoms with Gasteiger partial charge in [0.2, 0.25) is 0 Å². The number of fused-ring (bicyclic) bond motifs is 1. The lowest BCUT2D eigenvalue weighted by Crippen LogP contribution is -2.28. The molecule has 3 heteroatoms. The molecular formula is C16H23NO2. The topological polar surface area (TPSA) is 61.1 Å². The first kappa shape index (κ1) is 14.1. The number of carboxylic acids is 1. The molecule has 3 nitrogen and oxygen atoms in total. The molecule has 0 bridgehead atoms. The molecule has 19 heavy (non-hydrogen) atoms. The highest BCUT2D eigenvalue weighted by molar-refractivity contribution is 5.79. The van der Waals surface area contributed by atoms with Crippen molar-refractivity contribution in [2.24, 2.45) is 28.6 Å². The van der Waals surface area contributed by atoms with Crippen LogP contribution < -0.4 is 0 Å². The Morgan fingerprint density at radius 3 is 2.63 bits per heavy atom. The van der Waals surface area contributed by atoms with Crippen LogP contribution in [0.2, 0.25) is 0 Å². The molecule has 0 spiro atoms. The summed E-state index contributed by atoms with van der Waals surface area (Å²) < 4.78 is 0. The zero-order chi connectivity index (χ0) is 14.4. The van der Waals surface area contributed by atoms with Crippen LogP contribution in [0.1, 0.15) is 47.0 Å². The largest absolute Gasteiger partial charge is 0.481 e. The van der Waals surface area contributed by atoms with Gasteiger partial charge in [-0.2, -0.15) is 5.26 Å². The van der Waals surface area contributed by atoms with Gasteiger partial charge in [0.15, 0.2) is 0 Å². The van der Waals surface area contributed by atoms with Gasteiger partial charge >= 0.3 is 5.97 Å². The highest BCUT2D eigenvalue weighted by Gasteiger charge is 2.70. The molecule has 0 radical (unpaired) electrons. The van der Waals surface area contributed by atoms with E-state index in [4.69, 9.17) is 0 Å². The number of allylic oxidation sites excluding steroid dienone is 2. The summed E-state index contributed by atoms with van der Waals surface area (Å²) in [4.78, 5) is 11.6. The lowest BCUT2D eigenvalue weighted by molar-refractivity contribution is -0.144. The predicted octanol–water partition coefficient (Wildman–Crippen LogP) is 3.62. The molecule has 2 aliphatic rings. The van der Waals surface area contributed by atoms with Gasteiger partial charge in [-0.15, -0.1) is 0 Å². The normalized spacial score (nSPS) is 43.5. The zero-order valence-corrected chi connectivity index (χ0v) is 12.2. The predicted molar refractivity (Wildman–Crippen MR) is 73.2 cm³/mol. The molecule has 0 aromatic carbocycles. The van der Waals surface area contributed by atoms with Gasteiger partial charge in [-0.25, -0.2) is 0 Å². The number of carbonyl (C=O) groups is 1. The van der Waals surface area contributed by atoms with E-state index in [1.807, 2.05) is 6.92 Å². The minimum absolute atomic E-state index is 0.00398. The summed E-state index contributed by atoms with van der Waals surface area (Å²) in [5, 5.41) is 19.1. The number of carboxylic acid groups (broad SMARTS) is 1. The standard InChI is InChI=1S/C16H23NO2/c1-10-5-6-11-13(16(11,4)14(18)19)12(9-17)15(2,3)8-7-10/h7,11-13H,5-6,8H2,1-4H3,(H,18,19)/b10-7-/t11-,12+,13-,16-/m1/s1. The highest BCUT2D eigenvalue weighted by atomic mass is 16.4. The second-order valence-corrected chi connectivity index (χ2v) is 7.11. The number of hydrogen-bond donors (Lipinski definition) is 1. The molecule has 0 amide bonds. The van der Waals surface area contributed by atoms with Crippen LogP contribution in [0.25, 0.3) is 0 Å². The average molecular weight is 261 g/mol. The summed E-state index contributed by atoms with van der Waals surface area (Å²) >= 11 is 0. The first-order valence-corrected chi connectivity index (χ1v) is 7.03. The fourth-order valence-electron chi connectivity index (χ4n) is 3.79. The van der Waals surface area contributed by atoms with Gasteiger partial charge in [0.25, 0.3) is 0 Å². The summed E-state index contributed by atoms with van der Waals surface area (Å²) in [5.74, 6) is -0.763. The van der Waals surface area contributed by atoms with Crippen LogP contribution in [0, 0.1) is 39.9 Å². The molecule has 4 atom stereocenters. The molecule has 0 aliphatic heterocycles. The highest BCUT2D eigenvalue weighted by Crippen LogP contribution is 2.67. The maximum atomic E-state index is 11.6. The summed E-state index contributed by atoms with van der Waals surface area (Å²) in [6, 6.07) is 2.41. The maximum Gasteiger partial charge on any atom is 0.309 e. The monoisotopic (exact) mass is 261 g/mol. The third-order valence-corrected chi connectivity index (χ3v) is 5.41. The molecular weight excluding hydrogens is 238 g/mol. The second kappa shape index (κ2) is 4.37. The Labute approximate surface area is 115 Å². The lowest BCUT2D eigenvalue weighted by atomic mass is 9.72. The number of aliphatic carboxylic acids is 1. The summed E-state index contributed by atoms with van der Waals surface area (Å²) in [6.07, 6.45) is 4.94. The van der Waals surface area contributed by atoms with Gasteiger partial charge in [-0.05, 0) is 50.4 Å². The smallest absolute Gasteiger partial charge is 0.309 e. The Kier molecular flexibility index (Phi) is 3.24. The molecule has 1 saturated carbocycles. The fourth-order valence-corrected chi connectivity index (χ4v) is 3.79. The van der Waals surface area contributed by atoms with E-state index in [0.717, 1.165) is 19.3 Å². The summed E-state index contributed by atoms with van der Waals surface area (Å²) in [6.45, 7) is 8.12. The lowest BCUT2D eigenvalue weighted by Gasteiger charge is -2.30. The molecule has 2 rings (SSSR count). The molecule has 0 heterocycles. The van der Waals surface area contributed by atoms with Crippen LogP contribution in [-0.2, 0) is 4.79 Å². The van der Waals surface area contributed by atoms with Crippen molar-refractivity contribution in [3.63, 3.8) is 0 Å². The van der Waals surface area contributed by atoms with E-state index in [0.29, 0.717) is 0 Å². The van der Waals surface area contributed by atoms with Gasteiger partial charge in [0.05, 0.1) is 17.4 Å². The molecule has 2 aliphatic carbocycles. The van der Waals surface area contributed by atoms with Crippen molar-refractivity contribution in [1.82, 2.24) is 0 Å². The van der Waals surface area contributed by atoms with Crippen LogP contribution in [0.3, 0.4) is 0 Å². The number of rotatable bonds is 1. The Morgan fingerprint density at radius 1 is 1.47 bits per heavy atom. The average Bonchev–Trinajstić information content (AvgIpc) is 2.90. The van der Waals surface area contributed by atoms with Crippen molar-refractivity contribution in [2.45, 2.75) is 47.0 Å². The fraction of sp³-hybridized carbons (Fsp3) is 0.750. The van der Waals surface area contributed by atoms with E-state index in [1.165, 1.54) is 5.57 Å². The van der Waals surface area contributed by atoms with Gasteiger partial charge in [0.1, 0.15) is 0 Å². The maximum absolute atomic E-state index is 11.6. The molecule has 1 N–H and O–H groups in total. The number of nitrogens with zero attached hydrogens (tertiary/aromatic N) is 1. The zero-order valence-electron chi connectivity index (χ0n) is 12.2. The van der Waals surface area contributed by atoms with E-state index >= 15 is 0 Å². The van der Waals surface area contributed by atoms with Crippen molar-refractivity contribution < 1.29 is 9.90 Å². The molecule has 104 valence electrons. The molecule has 0 unspecified atom stereocenters. The SMILES string of the molecule is C/C1=C/CC(C)(C)[C@@H](C#N)[C@H]2[C@@H](CC1)[C@@]2(C)C(=O)O. The third kappa shape index (κ3) is 2.08. The number of hydrogen-bond acceptors (Lipinski definition) is 2. The Hall–Kier alpha value is -1.30. The van der Waals surface area contributed by atoms with E-state index < -0.39 is 11.4 Å². The van der Waals surface area contributed by atoms with Crippen molar-refractivity contribution in [1.29, 1.82) is 5.26 Å². The summed E-state index contributed by atoms with van der Waals surface area (Å²) in [7, 11) is 0. The van der Waals surface area contributed by atoms with E-state index in [-0.39, 0.29) is 23.2 Å². The minimum atomic E-state index is -0.735. The minimum Gasteiger partial charge on any atom is -0.481 e. The quantitative estimate of drug-likeness (QED) is 0.733. The van der Waals surface area contributed by atoms with E-state index in [2.05, 4.69) is 32.9 Å². The Balaban J connectivity index is 2.40. The van der Waals surface area contributed by atoms with E-state index in [1.54, 1.807) is 0 Å². The van der Waals surface area contributed by atoms with Crippen LogP contribution in [-0.4, -0.2) is 11.1 Å². The number of nitriles is 1. The molecule has 0 aromatic rings. The van der Waals surface area contributed by atoms with Crippen molar-refractivity contribution >= 4 is 5.97 Å². The van der Waals surface area contributed by atoms with Gasteiger partial charge in [-0.3, -0.25) is 4.79 Å². The van der Waals surface area contributed by atoms with Crippen LogP contribution in [0.5, 0.6) is 0 Å². The van der Waals surface area contributed by atoms with Crippen molar-refractivity contribution in [2.75, 3.05) is 0 Å². The van der Waals surface area contributed by atoms with Crippen LogP contribution in [0.4, 0.5) is 0 Å². The Bertz CT molecular complexity index is 472. The third-order valence-electron chi connectivity index (χ3n) is 5.41. The Morgan fingerprint density at radius 2 is 2.11 bits per heavy atom.